The van der Waals surface area contributed by atoms with Crippen molar-refractivity contribution in [3.8, 4) is 0 Å². The van der Waals surface area contributed by atoms with Crippen molar-refractivity contribution < 1.29 is 4.42 Å². The third kappa shape index (κ3) is 3.08. The Morgan fingerprint density at radius 3 is 2.75 bits per heavy atom. The first-order valence-corrected chi connectivity index (χ1v) is 5.48. The first-order chi connectivity index (χ1) is 7.74. The molecule has 84 valence electrons. The van der Waals surface area contributed by atoms with Gasteiger partial charge in [0.05, 0.1) is 17.3 Å². The predicted octanol–water partition coefficient (Wildman–Crippen LogP) is 2.93. The molecular formula is C12H13ClN2O. The highest BCUT2D eigenvalue weighted by Gasteiger charge is 1.98. The SMILES string of the molecule is Cc1ccc(CNCc2ccc(Cl)cn2)o1. The molecule has 0 aromatic carbocycles. The minimum absolute atomic E-state index is 0.658. The zero-order chi connectivity index (χ0) is 11.4. The van der Waals surface area contributed by atoms with Crippen LogP contribution in [0.2, 0.25) is 5.02 Å². The maximum absolute atomic E-state index is 5.75. The Kier molecular flexibility index (Phi) is 3.59. The summed E-state index contributed by atoms with van der Waals surface area (Å²) in [6, 6.07) is 7.67. The molecule has 2 aromatic rings. The second kappa shape index (κ2) is 5.14. The zero-order valence-corrected chi connectivity index (χ0v) is 9.79. The summed E-state index contributed by atoms with van der Waals surface area (Å²) in [5.74, 6) is 1.87. The highest BCUT2D eigenvalue weighted by atomic mass is 35.5. The van der Waals surface area contributed by atoms with Crippen molar-refractivity contribution in [1.82, 2.24) is 10.3 Å². The Morgan fingerprint density at radius 2 is 2.12 bits per heavy atom. The van der Waals surface area contributed by atoms with Gasteiger partial charge in [-0.1, -0.05) is 11.6 Å². The summed E-state index contributed by atoms with van der Waals surface area (Å²) in [5, 5.41) is 3.91. The average molecular weight is 237 g/mol. The smallest absolute Gasteiger partial charge is 0.117 e. The van der Waals surface area contributed by atoms with Gasteiger partial charge in [0.25, 0.3) is 0 Å². The van der Waals surface area contributed by atoms with Crippen LogP contribution in [0.3, 0.4) is 0 Å². The summed E-state index contributed by atoms with van der Waals surface area (Å²) in [6.07, 6.45) is 1.65. The van der Waals surface area contributed by atoms with Crippen LogP contribution in [0, 0.1) is 6.92 Å². The van der Waals surface area contributed by atoms with Crippen molar-refractivity contribution in [2.75, 3.05) is 0 Å². The fraction of sp³-hybridized carbons (Fsp3) is 0.250. The van der Waals surface area contributed by atoms with E-state index in [1.54, 1.807) is 6.20 Å². The topological polar surface area (TPSA) is 38.1 Å². The second-order valence-corrected chi connectivity index (χ2v) is 4.02. The lowest BCUT2D eigenvalue weighted by molar-refractivity contribution is 0.461. The largest absolute Gasteiger partial charge is 0.465 e. The van der Waals surface area contributed by atoms with Gasteiger partial charge in [0, 0.05) is 12.7 Å². The van der Waals surface area contributed by atoms with E-state index < -0.39 is 0 Å². The van der Waals surface area contributed by atoms with Gasteiger partial charge < -0.3 is 9.73 Å². The van der Waals surface area contributed by atoms with Gasteiger partial charge in [-0.2, -0.15) is 0 Å². The van der Waals surface area contributed by atoms with Crippen LogP contribution in [-0.4, -0.2) is 4.98 Å². The maximum Gasteiger partial charge on any atom is 0.117 e. The first-order valence-electron chi connectivity index (χ1n) is 5.10. The normalized spacial score (nSPS) is 10.6. The number of nitrogens with zero attached hydrogens (tertiary/aromatic N) is 1. The molecule has 0 saturated heterocycles. The lowest BCUT2D eigenvalue weighted by Crippen LogP contribution is -2.12. The van der Waals surface area contributed by atoms with Crippen LogP contribution in [0.4, 0.5) is 0 Å². The number of pyridine rings is 1. The highest BCUT2D eigenvalue weighted by Crippen LogP contribution is 2.07. The molecule has 0 amide bonds. The van der Waals surface area contributed by atoms with E-state index in [2.05, 4.69) is 10.3 Å². The van der Waals surface area contributed by atoms with E-state index >= 15 is 0 Å². The van der Waals surface area contributed by atoms with Crippen LogP contribution >= 0.6 is 11.6 Å². The number of aromatic nitrogens is 1. The van der Waals surface area contributed by atoms with Crippen molar-refractivity contribution in [1.29, 1.82) is 0 Å². The van der Waals surface area contributed by atoms with Crippen molar-refractivity contribution in [3.05, 3.63) is 52.7 Å². The van der Waals surface area contributed by atoms with E-state index in [4.69, 9.17) is 16.0 Å². The lowest BCUT2D eigenvalue weighted by atomic mass is 10.3. The fourth-order valence-electron chi connectivity index (χ4n) is 1.40. The molecule has 0 bridgehead atoms. The van der Waals surface area contributed by atoms with E-state index in [1.807, 2.05) is 31.2 Å². The van der Waals surface area contributed by atoms with Gasteiger partial charge in [0.2, 0.25) is 0 Å². The molecule has 0 aliphatic carbocycles. The summed E-state index contributed by atoms with van der Waals surface area (Å²) in [6.45, 7) is 3.35. The molecule has 2 rings (SSSR count). The highest BCUT2D eigenvalue weighted by molar-refractivity contribution is 6.30. The molecule has 2 aromatic heterocycles. The predicted molar refractivity (Wildman–Crippen MR) is 63.2 cm³/mol. The zero-order valence-electron chi connectivity index (χ0n) is 9.03. The molecule has 0 unspecified atom stereocenters. The molecular weight excluding hydrogens is 224 g/mol. The van der Waals surface area contributed by atoms with Crippen molar-refractivity contribution >= 4 is 11.6 Å². The minimum atomic E-state index is 0.658. The van der Waals surface area contributed by atoms with Gasteiger partial charge in [0.1, 0.15) is 11.5 Å². The fourth-order valence-corrected chi connectivity index (χ4v) is 1.52. The van der Waals surface area contributed by atoms with Crippen molar-refractivity contribution in [2.45, 2.75) is 20.0 Å². The molecule has 0 atom stereocenters. The van der Waals surface area contributed by atoms with Crippen molar-refractivity contribution in [3.63, 3.8) is 0 Å². The second-order valence-electron chi connectivity index (χ2n) is 3.58. The molecule has 3 nitrogen and oxygen atoms in total. The Morgan fingerprint density at radius 1 is 1.25 bits per heavy atom. The molecule has 0 fully saturated rings. The van der Waals surface area contributed by atoms with Crippen LogP contribution in [0.25, 0.3) is 0 Å². The molecule has 2 heterocycles. The summed E-state index contributed by atoms with van der Waals surface area (Å²) in [5.41, 5.74) is 0.965. The quantitative estimate of drug-likeness (QED) is 0.887. The number of hydrogen-bond donors (Lipinski definition) is 1. The van der Waals surface area contributed by atoms with E-state index in [1.165, 1.54) is 0 Å². The average Bonchev–Trinajstić information content (AvgIpc) is 2.67. The molecule has 0 spiro atoms. The van der Waals surface area contributed by atoms with Gasteiger partial charge in [-0.05, 0) is 31.2 Å². The summed E-state index contributed by atoms with van der Waals surface area (Å²) < 4.78 is 5.44. The number of halogens is 1. The third-order valence-corrected chi connectivity index (χ3v) is 2.41. The first kappa shape index (κ1) is 11.2. The Hall–Kier alpha value is -1.32. The van der Waals surface area contributed by atoms with E-state index in [-0.39, 0.29) is 0 Å². The summed E-state index contributed by atoms with van der Waals surface area (Å²) in [7, 11) is 0. The standard InChI is InChI=1S/C12H13ClN2O/c1-9-2-5-12(16-9)8-14-7-11-4-3-10(13)6-15-11/h2-6,14H,7-8H2,1H3. The van der Waals surface area contributed by atoms with Crippen LogP contribution in [-0.2, 0) is 13.1 Å². The number of nitrogens with one attached hydrogen (secondary N) is 1. The van der Waals surface area contributed by atoms with E-state index in [9.17, 15) is 0 Å². The van der Waals surface area contributed by atoms with E-state index in [0.29, 0.717) is 18.1 Å². The monoisotopic (exact) mass is 236 g/mol. The molecule has 4 heteroatoms. The third-order valence-electron chi connectivity index (χ3n) is 2.19. The van der Waals surface area contributed by atoms with Crippen LogP contribution in [0.1, 0.15) is 17.2 Å². The van der Waals surface area contributed by atoms with Gasteiger partial charge in [-0.3, -0.25) is 4.98 Å². The molecule has 0 saturated carbocycles. The molecule has 1 N–H and O–H groups in total. The van der Waals surface area contributed by atoms with Gasteiger partial charge >= 0.3 is 0 Å². The van der Waals surface area contributed by atoms with Crippen molar-refractivity contribution in [2.24, 2.45) is 0 Å². The Labute approximate surface area is 99.5 Å². The van der Waals surface area contributed by atoms with Crippen LogP contribution in [0.5, 0.6) is 0 Å². The molecule has 0 aliphatic heterocycles. The molecule has 0 radical (unpaired) electrons. The van der Waals surface area contributed by atoms with Gasteiger partial charge in [0.15, 0.2) is 0 Å². The van der Waals surface area contributed by atoms with Gasteiger partial charge in [-0.25, -0.2) is 0 Å². The number of aryl methyl sites for hydroxylation is 1. The Balaban J connectivity index is 1.82. The Bertz CT molecular complexity index is 450. The molecule has 0 aliphatic rings. The number of hydrogen-bond acceptors (Lipinski definition) is 3. The van der Waals surface area contributed by atoms with Gasteiger partial charge in [-0.15, -0.1) is 0 Å². The number of furan rings is 1. The summed E-state index contributed by atoms with van der Waals surface area (Å²) in [4.78, 5) is 4.19. The molecule has 16 heavy (non-hydrogen) atoms. The minimum Gasteiger partial charge on any atom is -0.465 e. The van der Waals surface area contributed by atoms with Crippen LogP contribution in [0.15, 0.2) is 34.9 Å². The maximum atomic E-state index is 5.75. The van der Waals surface area contributed by atoms with E-state index in [0.717, 1.165) is 17.2 Å². The lowest BCUT2D eigenvalue weighted by Gasteiger charge is -2.02. The van der Waals surface area contributed by atoms with Crippen LogP contribution < -0.4 is 5.32 Å². The summed E-state index contributed by atoms with van der Waals surface area (Å²) >= 11 is 5.75. The number of rotatable bonds is 4.